The molecule has 0 saturated heterocycles. The summed E-state index contributed by atoms with van der Waals surface area (Å²) in [5.41, 5.74) is 4.80. The summed E-state index contributed by atoms with van der Waals surface area (Å²) in [6, 6.07) is 0.538. The van der Waals surface area contributed by atoms with Crippen molar-refractivity contribution in [2.24, 2.45) is 5.73 Å². The molecule has 0 bridgehead atoms. The number of hydrogen-bond acceptors (Lipinski definition) is 2. The lowest BCUT2D eigenvalue weighted by Crippen LogP contribution is -2.27. The summed E-state index contributed by atoms with van der Waals surface area (Å²) in [4.78, 5) is 0. The van der Waals surface area contributed by atoms with Gasteiger partial charge in [0.1, 0.15) is 5.76 Å². The summed E-state index contributed by atoms with van der Waals surface area (Å²) in [5.74, 6) is -0.266. The molecule has 1 aromatic heterocycles. The van der Waals surface area contributed by atoms with E-state index in [2.05, 4.69) is 4.42 Å². The van der Waals surface area contributed by atoms with Gasteiger partial charge in [0.2, 0.25) is 0 Å². The molecule has 0 aliphatic carbocycles. The Morgan fingerprint density at radius 2 is 2.09 bits per heavy atom. The van der Waals surface area contributed by atoms with Crippen molar-refractivity contribution in [2.75, 3.05) is 0 Å². The van der Waals surface area contributed by atoms with Crippen molar-refractivity contribution >= 4 is 0 Å². The van der Waals surface area contributed by atoms with Gasteiger partial charge >= 0.3 is 6.18 Å². The zero-order valence-electron chi connectivity index (χ0n) is 5.43. The summed E-state index contributed by atoms with van der Waals surface area (Å²) >= 11 is 0. The smallest absolute Gasteiger partial charge is 0.410 e. The second-order valence-corrected chi connectivity index (χ2v) is 2.03. The Morgan fingerprint density at radius 1 is 1.45 bits per heavy atom. The van der Waals surface area contributed by atoms with Gasteiger partial charge in [-0.1, -0.05) is 0 Å². The highest BCUT2D eigenvalue weighted by Gasteiger charge is 2.39. The lowest BCUT2D eigenvalue weighted by molar-refractivity contribution is -0.152. The van der Waals surface area contributed by atoms with Gasteiger partial charge in [-0.3, -0.25) is 0 Å². The van der Waals surface area contributed by atoms with E-state index in [-0.39, 0.29) is 5.76 Å². The van der Waals surface area contributed by atoms with Crippen LogP contribution in [0, 0.1) is 0 Å². The minimum Gasteiger partial charge on any atom is -0.467 e. The average Bonchev–Trinajstić information content (AvgIpc) is 2.34. The standard InChI is InChI=1S/C6H6F3NO/c7-6(8,9)5(10)4-2-1-3-11-4/h1-3,5H,10H2/t5-/m0/s1. The second-order valence-electron chi connectivity index (χ2n) is 2.03. The summed E-state index contributed by atoms with van der Waals surface area (Å²) < 4.78 is 40.0. The van der Waals surface area contributed by atoms with E-state index < -0.39 is 12.2 Å². The highest BCUT2D eigenvalue weighted by molar-refractivity contribution is 5.05. The fraction of sp³-hybridized carbons (Fsp3) is 0.333. The molecule has 2 nitrogen and oxygen atoms in total. The molecule has 0 aliphatic rings. The highest BCUT2D eigenvalue weighted by Crippen LogP contribution is 2.30. The van der Waals surface area contributed by atoms with Gasteiger partial charge in [0.05, 0.1) is 6.26 Å². The molecule has 1 aromatic rings. The molecule has 1 heterocycles. The quantitative estimate of drug-likeness (QED) is 0.689. The Morgan fingerprint density at radius 3 is 2.45 bits per heavy atom. The van der Waals surface area contributed by atoms with Crippen LogP contribution in [-0.2, 0) is 0 Å². The predicted octanol–water partition coefficient (Wildman–Crippen LogP) is 1.84. The number of rotatable bonds is 1. The van der Waals surface area contributed by atoms with Crippen LogP contribution in [0.15, 0.2) is 22.8 Å². The van der Waals surface area contributed by atoms with Crippen LogP contribution in [-0.4, -0.2) is 6.18 Å². The number of nitrogens with two attached hydrogens (primary N) is 1. The van der Waals surface area contributed by atoms with Crippen molar-refractivity contribution < 1.29 is 17.6 Å². The molecular weight excluding hydrogens is 159 g/mol. The van der Waals surface area contributed by atoms with Crippen molar-refractivity contribution in [1.82, 2.24) is 0 Å². The lowest BCUT2D eigenvalue weighted by Gasteiger charge is -2.11. The third-order valence-corrected chi connectivity index (χ3v) is 1.20. The second kappa shape index (κ2) is 2.58. The van der Waals surface area contributed by atoms with Gasteiger partial charge < -0.3 is 10.2 Å². The van der Waals surface area contributed by atoms with E-state index in [0.717, 1.165) is 6.26 Å². The van der Waals surface area contributed by atoms with Crippen LogP contribution in [0.3, 0.4) is 0 Å². The SMILES string of the molecule is N[C@@H](c1ccco1)C(F)(F)F. The first-order valence-electron chi connectivity index (χ1n) is 2.87. The zero-order valence-corrected chi connectivity index (χ0v) is 5.43. The molecule has 11 heavy (non-hydrogen) atoms. The van der Waals surface area contributed by atoms with E-state index >= 15 is 0 Å². The fourth-order valence-electron chi connectivity index (χ4n) is 0.630. The first-order chi connectivity index (χ1) is 5.02. The first kappa shape index (κ1) is 8.13. The van der Waals surface area contributed by atoms with Crippen molar-refractivity contribution in [2.45, 2.75) is 12.2 Å². The van der Waals surface area contributed by atoms with Crippen LogP contribution in [0.25, 0.3) is 0 Å². The molecule has 1 atom stereocenters. The van der Waals surface area contributed by atoms with Crippen LogP contribution in [0.4, 0.5) is 13.2 Å². The van der Waals surface area contributed by atoms with Crippen LogP contribution < -0.4 is 5.73 Å². The van der Waals surface area contributed by atoms with Crippen LogP contribution in [0.1, 0.15) is 11.8 Å². The van der Waals surface area contributed by atoms with Crippen molar-refractivity contribution in [3.63, 3.8) is 0 Å². The van der Waals surface area contributed by atoms with Crippen LogP contribution >= 0.6 is 0 Å². The Balaban J connectivity index is 2.78. The Labute approximate surface area is 60.8 Å². The third kappa shape index (κ3) is 1.74. The Hall–Kier alpha value is -0.970. The van der Waals surface area contributed by atoms with E-state index in [0.29, 0.717) is 0 Å². The summed E-state index contributed by atoms with van der Waals surface area (Å²) in [6.07, 6.45) is -3.28. The molecule has 1 rings (SSSR count). The average molecular weight is 165 g/mol. The number of hydrogen-bond donors (Lipinski definition) is 1. The van der Waals surface area contributed by atoms with Crippen molar-refractivity contribution in [1.29, 1.82) is 0 Å². The fourth-order valence-corrected chi connectivity index (χ4v) is 0.630. The first-order valence-corrected chi connectivity index (χ1v) is 2.87. The van der Waals surface area contributed by atoms with E-state index in [1.54, 1.807) is 0 Å². The molecule has 0 fully saturated rings. The minimum atomic E-state index is -4.43. The van der Waals surface area contributed by atoms with Gasteiger partial charge in [0.25, 0.3) is 0 Å². The van der Waals surface area contributed by atoms with E-state index in [9.17, 15) is 13.2 Å². The topological polar surface area (TPSA) is 39.2 Å². The van der Waals surface area contributed by atoms with Crippen molar-refractivity contribution in [3.8, 4) is 0 Å². The highest BCUT2D eigenvalue weighted by atomic mass is 19.4. The third-order valence-electron chi connectivity index (χ3n) is 1.20. The molecule has 0 aliphatic heterocycles. The van der Waals surface area contributed by atoms with E-state index in [4.69, 9.17) is 5.73 Å². The van der Waals surface area contributed by atoms with Gasteiger partial charge in [0.15, 0.2) is 6.04 Å². The molecule has 0 saturated carbocycles. The summed E-state index contributed by atoms with van der Waals surface area (Å²) in [5, 5.41) is 0. The molecule has 0 radical (unpaired) electrons. The Kier molecular flexibility index (Phi) is 1.90. The lowest BCUT2D eigenvalue weighted by atomic mass is 10.2. The molecule has 2 N–H and O–H groups in total. The maximum absolute atomic E-state index is 11.8. The van der Waals surface area contributed by atoms with Gasteiger partial charge in [0, 0.05) is 0 Å². The molecule has 62 valence electrons. The maximum atomic E-state index is 11.8. The van der Waals surface area contributed by atoms with Crippen LogP contribution in [0.5, 0.6) is 0 Å². The van der Waals surface area contributed by atoms with E-state index in [1.165, 1.54) is 12.1 Å². The zero-order chi connectivity index (χ0) is 8.48. The summed E-state index contributed by atoms with van der Waals surface area (Å²) in [6.45, 7) is 0. The predicted molar refractivity (Wildman–Crippen MR) is 31.7 cm³/mol. The van der Waals surface area contributed by atoms with Crippen LogP contribution in [0.2, 0.25) is 0 Å². The summed E-state index contributed by atoms with van der Waals surface area (Å²) in [7, 11) is 0. The monoisotopic (exact) mass is 165 g/mol. The number of alkyl halides is 3. The van der Waals surface area contributed by atoms with Gasteiger partial charge in [-0.25, -0.2) is 0 Å². The van der Waals surface area contributed by atoms with Crippen molar-refractivity contribution in [3.05, 3.63) is 24.2 Å². The normalized spacial score (nSPS) is 14.9. The van der Waals surface area contributed by atoms with Gasteiger partial charge in [-0.15, -0.1) is 0 Å². The molecule has 0 aromatic carbocycles. The number of halogens is 3. The minimum absolute atomic E-state index is 0.266. The molecule has 0 spiro atoms. The molecular formula is C6H6F3NO. The molecule has 0 amide bonds. The van der Waals surface area contributed by atoms with Gasteiger partial charge in [-0.05, 0) is 12.1 Å². The number of furan rings is 1. The molecule has 0 unspecified atom stereocenters. The Bertz CT molecular complexity index is 216. The van der Waals surface area contributed by atoms with Gasteiger partial charge in [-0.2, -0.15) is 13.2 Å². The van der Waals surface area contributed by atoms with E-state index in [1.807, 2.05) is 0 Å². The maximum Gasteiger partial charge on any atom is 0.410 e. The largest absolute Gasteiger partial charge is 0.467 e. The molecule has 5 heteroatoms.